The molecule has 0 radical (unpaired) electrons. The number of piperidine rings is 1. The normalized spacial score (nSPS) is 24.2. The van der Waals surface area contributed by atoms with E-state index in [1.807, 2.05) is 6.07 Å². The lowest BCUT2D eigenvalue weighted by Gasteiger charge is -2.56. The third kappa shape index (κ3) is 3.67. The number of aromatic nitrogens is 1. The van der Waals surface area contributed by atoms with E-state index in [0.29, 0.717) is 13.0 Å². The third-order valence-electron chi connectivity index (χ3n) is 8.58. The first kappa shape index (κ1) is 22.4. The lowest BCUT2D eigenvalue weighted by molar-refractivity contribution is -0.102. The summed E-state index contributed by atoms with van der Waals surface area (Å²) in [6, 6.07) is 25.5. The Morgan fingerprint density at radius 1 is 1.00 bits per heavy atom. The number of β-amino-alcohol motifs (C(OH)–C–C–N with tert-alkyl or cyclic N) is 1. The molecule has 3 aromatic carbocycles. The summed E-state index contributed by atoms with van der Waals surface area (Å²) in [4.78, 5) is 6.20. The number of methoxy groups -OCH3 is 1. The number of fused-ring (bicyclic) bond motifs is 4. The quantitative estimate of drug-likeness (QED) is 0.425. The predicted molar refractivity (Wildman–Crippen MR) is 141 cm³/mol. The van der Waals surface area contributed by atoms with Crippen LogP contribution in [0.5, 0.6) is 5.75 Å². The number of hydrogen-bond donors (Lipinski definition) is 2. The van der Waals surface area contributed by atoms with E-state index in [-0.39, 0.29) is 5.41 Å². The zero-order valence-corrected chi connectivity index (χ0v) is 20.7. The van der Waals surface area contributed by atoms with Gasteiger partial charge in [0, 0.05) is 47.9 Å². The molecule has 2 aliphatic rings. The molecule has 1 aliphatic heterocycles. The highest BCUT2D eigenvalue weighted by Crippen LogP contribution is 2.52. The molecule has 2 N–H and O–H groups in total. The van der Waals surface area contributed by atoms with Gasteiger partial charge in [0.1, 0.15) is 5.75 Å². The molecule has 0 unspecified atom stereocenters. The van der Waals surface area contributed by atoms with Crippen molar-refractivity contribution in [1.82, 2.24) is 9.88 Å². The van der Waals surface area contributed by atoms with Crippen molar-refractivity contribution in [3.8, 4) is 5.75 Å². The van der Waals surface area contributed by atoms with Crippen molar-refractivity contribution in [3.63, 3.8) is 0 Å². The van der Waals surface area contributed by atoms with Crippen molar-refractivity contribution < 1.29 is 9.84 Å². The highest BCUT2D eigenvalue weighted by atomic mass is 16.5. The number of ether oxygens (including phenoxy) is 1. The molecule has 180 valence electrons. The Labute approximate surface area is 207 Å². The molecule has 0 saturated carbocycles. The number of nitrogens with one attached hydrogen (secondary N) is 1. The number of aliphatic hydroxyl groups is 1. The van der Waals surface area contributed by atoms with Crippen LogP contribution in [0.1, 0.15) is 34.4 Å². The van der Waals surface area contributed by atoms with Crippen LogP contribution in [0.3, 0.4) is 0 Å². The maximum absolute atomic E-state index is 12.6. The van der Waals surface area contributed by atoms with Gasteiger partial charge in [-0.2, -0.15) is 0 Å². The number of H-pyrrole nitrogens is 1. The van der Waals surface area contributed by atoms with E-state index in [1.165, 1.54) is 38.9 Å². The minimum absolute atomic E-state index is 0.355. The Kier molecular flexibility index (Phi) is 5.46. The van der Waals surface area contributed by atoms with Gasteiger partial charge in [0.05, 0.1) is 12.7 Å². The molecular formula is C31H34N2O2. The monoisotopic (exact) mass is 466 g/mol. The smallest absolute Gasteiger partial charge is 0.119 e. The van der Waals surface area contributed by atoms with Crippen LogP contribution in [-0.4, -0.2) is 47.3 Å². The molecule has 2 atom stereocenters. The Morgan fingerprint density at radius 2 is 1.83 bits per heavy atom. The molecule has 4 nitrogen and oxygen atoms in total. The average molecular weight is 467 g/mol. The second kappa shape index (κ2) is 8.54. The second-order valence-electron chi connectivity index (χ2n) is 10.5. The number of aromatic amines is 1. The van der Waals surface area contributed by atoms with Crippen molar-refractivity contribution in [2.75, 3.05) is 26.7 Å². The first-order valence-corrected chi connectivity index (χ1v) is 12.7. The van der Waals surface area contributed by atoms with Crippen LogP contribution in [0, 0.1) is 6.92 Å². The van der Waals surface area contributed by atoms with Gasteiger partial charge in [0.2, 0.25) is 0 Å². The van der Waals surface area contributed by atoms with E-state index in [9.17, 15) is 5.11 Å². The summed E-state index contributed by atoms with van der Waals surface area (Å²) in [6.45, 7) is 4.79. The molecule has 35 heavy (non-hydrogen) atoms. The van der Waals surface area contributed by atoms with E-state index in [1.54, 1.807) is 7.11 Å². The molecule has 1 saturated heterocycles. The van der Waals surface area contributed by atoms with Crippen molar-refractivity contribution in [3.05, 3.63) is 101 Å². The topological polar surface area (TPSA) is 48.5 Å². The van der Waals surface area contributed by atoms with Crippen LogP contribution < -0.4 is 4.74 Å². The largest absolute Gasteiger partial charge is 0.497 e. The van der Waals surface area contributed by atoms with Crippen LogP contribution in [0.4, 0.5) is 0 Å². The Morgan fingerprint density at radius 3 is 2.66 bits per heavy atom. The van der Waals surface area contributed by atoms with Gasteiger partial charge in [0.15, 0.2) is 0 Å². The maximum atomic E-state index is 12.6. The molecule has 0 bridgehead atoms. The Balaban J connectivity index is 1.41. The number of rotatable bonds is 5. The van der Waals surface area contributed by atoms with Crippen LogP contribution in [0.15, 0.2) is 72.8 Å². The first-order chi connectivity index (χ1) is 17.0. The van der Waals surface area contributed by atoms with E-state index >= 15 is 0 Å². The first-order valence-electron chi connectivity index (χ1n) is 12.7. The number of nitrogens with zero attached hydrogens (tertiary/aromatic N) is 1. The summed E-state index contributed by atoms with van der Waals surface area (Å²) in [6.07, 6.45) is 3.39. The van der Waals surface area contributed by atoms with Gasteiger partial charge in [-0.1, -0.05) is 54.6 Å². The van der Waals surface area contributed by atoms with Crippen LogP contribution in [-0.2, 0) is 24.7 Å². The van der Waals surface area contributed by atoms with Gasteiger partial charge in [-0.25, -0.2) is 0 Å². The summed E-state index contributed by atoms with van der Waals surface area (Å²) in [5.41, 5.74) is 6.34. The molecule has 1 aliphatic carbocycles. The van der Waals surface area contributed by atoms with Crippen LogP contribution >= 0.6 is 0 Å². The fraction of sp³-hybridized carbons (Fsp3) is 0.355. The van der Waals surface area contributed by atoms with Crippen molar-refractivity contribution in [2.24, 2.45) is 0 Å². The van der Waals surface area contributed by atoms with Crippen molar-refractivity contribution >= 4 is 10.9 Å². The van der Waals surface area contributed by atoms with Crippen molar-refractivity contribution in [2.45, 2.75) is 43.6 Å². The summed E-state index contributed by atoms with van der Waals surface area (Å²) in [7, 11) is 1.72. The summed E-state index contributed by atoms with van der Waals surface area (Å²) in [5.74, 6) is 0.851. The highest BCUT2D eigenvalue weighted by molar-refractivity contribution is 5.88. The predicted octanol–water partition coefficient (Wildman–Crippen LogP) is 5.20. The van der Waals surface area contributed by atoms with E-state index < -0.39 is 5.60 Å². The molecular weight excluding hydrogens is 432 g/mol. The SMILES string of the molecule is COc1cccc([C@@]23CCN(CCc4ccccc4)C[C@@]2(O)Cc2c([nH]c4cccc(C)c24)C3)c1. The van der Waals surface area contributed by atoms with Gasteiger partial charge in [-0.15, -0.1) is 0 Å². The molecule has 0 spiro atoms. The van der Waals surface area contributed by atoms with Crippen molar-refractivity contribution in [1.29, 1.82) is 0 Å². The highest BCUT2D eigenvalue weighted by Gasteiger charge is 2.57. The fourth-order valence-electron chi connectivity index (χ4n) is 6.72. The number of benzene rings is 3. The zero-order valence-electron chi connectivity index (χ0n) is 20.7. The van der Waals surface area contributed by atoms with Gasteiger partial charge in [-0.3, -0.25) is 0 Å². The second-order valence-corrected chi connectivity index (χ2v) is 10.5. The molecule has 6 rings (SSSR count). The van der Waals surface area contributed by atoms with Gasteiger partial charge < -0.3 is 19.7 Å². The standard InChI is InChI=1S/C31H34N2O2/c1-22-8-6-13-27-29(22)26-19-31(34)21-33(16-14-23-9-4-3-5-10-23)17-15-30(31,20-28(26)32-27)24-11-7-12-25(18-24)35-2/h3-13,18,32,34H,14-17,19-21H2,1-2H3/t30-,31-/m0/s1. The molecule has 1 fully saturated rings. The minimum Gasteiger partial charge on any atom is -0.497 e. The molecule has 4 heteroatoms. The van der Waals surface area contributed by atoms with Crippen LogP contribution in [0.25, 0.3) is 10.9 Å². The summed E-state index contributed by atoms with van der Waals surface area (Å²) < 4.78 is 5.60. The molecule has 1 aromatic heterocycles. The van der Waals surface area contributed by atoms with E-state index in [4.69, 9.17) is 4.74 Å². The number of likely N-dealkylation sites (tertiary alicyclic amines) is 1. The summed E-state index contributed by atoms with van der Waals surface area (Å²) >= 11 is 0. The third-order valence-corrected chi connectivity index (χ3v) is 8.58. The van der Waals surface area contributed by atoms with E-state index in [0.717, 1.165) is 38.1 Å². The van der Waals surface area contributed by atoms with Gasteiger partial charge in [0.25, 0.3) is 0 Å². The Hall–Kier alpha value is -3.08. The molecule has 4 aromatic rings. The lowest BCUT2D eigenvalue weighted by atomic mass is 9.56. The van der Waals surface area contributed by atoms with Crippen LogP contribution in [0.2, 0.25) is 0 Å². The Bertz CT molecular complexity index is 1360. The summed E-state index contributed by atoms with van der Waals surface area (Å²) in [5, 5.41) is 13.9. The minimum atomic E-state index is -0.862. The number of hydrogen-bond acceptors (Lipinski definition) is 3. The fourth-order valence-corrected chi connectivity index (χ4v) is 6.72. The molecule has 2 heterocycles. The maximum Gasteiger partial charge on any atom is 0.119 e. The zero-order chi connectivity index (χ0) is 24.0. The van der Waals surface area contributed by atoms with E-state index in [2.05, 4.69) is 83.5 Å². The molecule has 0 amide bonds. The lowest BCUT2D eigenvalue weighted by Crippen LogP contribution is -2.66. The van der Waals surface area contributed by atoms with Gasteiger partial charge >= 0.3 is 0 Å². The average Bonchev–Trinajstić information content (AvgIpc) is 3.23. The number of aryl methyl sites for hydroxylation is 1. The van der Waals surface area contributed by atoms with Gasteiger partial charge in [-0.05, 0) is 66.8 Å².